The molecule has 0 aliphatic carbocycles. The first-order chi connectivity index (χ1) is 8.55. The fourth-order valence-corrected chi connectivity index (χ4v) is 2.52. The van der Waals surface area contributed by atoms with Gasteiger partial charge in [0.25, 0.3) is 0 Å². The van der Waals surface area contributed by atoms with Crippen molar-refractivity contribution in [3.05, 3.63) is 48.2 Å². The summed E-state index contributed by atoms with van der Waals surface area (Å²) in [4.78, 5) is 11.9. The molecule has 2 rings (SSSR count). The number of Topliss-reactive ketones (excluding diaryl/α,β-unsaturated/α-hetero) is 1. The zero-order valence-corrected chi connectivity index (χ0v) is 12.0. The highest BCUT2D eigenvalue weighted by atomic mass is 79.9. The Morgan fingerprint density at radius 3 is 2.39 bits per heavy atom. The Kier molecular flexibility index (Phi) is 3.71. The maximum atomic E-state index is 11.9. The molecule has 1 aromatic carbocycles. The van der Waals surface area contributed by atoms with E-state index in [1.807, 2.05) is 50.2 Å². The normalized spacial score (nSPS) is 11.5. The van der Waals surface area contributed by atoms with E-state index in [0.29, 0.717) is 5.33 Å². The highest BCUT2D eigenvalue weighted by Crippen LogP contribution is 2.28. The summed E-state index contributed by atoms with van der Waals surface area (Å²) in [6.07, 6.45) is 1.65. The van der Waals surface area contributed by atoms with Crippen molar-refractivity contribution in [2.45, 2.75) is 19.3 Å². The van der Waals surface area contributed by atoms with Crippen LogP contribution in [0.1, 0.15) is 19.4 Å². The number of rotatable bonds is 4. The Morgan fingerprint density at radius 1 is 1.22 bits per heavy atom. The summed E-state index contributed by atoms with van der Waals surface area (Å²) in [5.41, 5.74) is 1.57. The molecular weight excluding hydrogens is 292 g/mol. The molecule has 0 atom stereocenters. The van der Waals surface area contributed by atoms with E-state index in [9.17, 15) is 4.79 Å². The van der Waals surface area contributed by atoms with Gasteiger partial charge in [-0.1, -0.05) is 40.2 Å². The molecular formula is C15H15BrO2. The van der Waals surface area contributed by atoms with Crippen LogP contribution in [0.4, 0.5) is 0 Å². The van der Waals surface area contributed by atoms with Crippen LogP contribution in [0, 0.1) is 0 Å². The molecule has 0 spiro atoms. The molecule has 0 N–H and O–H groups in total. The van der Waals surface area contributed by atoms with Gasteiger partial charge in [0.15, 0.2) is 5.78 Å². The molecule has 2 nitrogen and oxygen atoms in total. The molecule has 0 unspecified atom stereocenters. The number of furan rings is 1. The third-order valence-corrected chi connectivity index (χ3v) is 3.74. The Hall–Kier alpha value is -1.35. The van der Waals surface area contributed by atoms with E-state index in [2.05, 4.69) is 15.9 Å². The molecule has 0 saturated heterocycles. The van der Waals surface area contributed by atoms with Crippen molar-refractivity contribution in [2.24, 2.45) is 0 Å². The van der Waals surface area contributed by atoms with Gasteiger partial charge in [-0.2, -0.15) is 0 Å². The predicted molar refractivity (Wildman–Crippen MR) is 76.0 cm³/mol. The molecule has 0 aliphatic rings. The summed E-state index contributed by atoms with van der Waals surface area (Å²) < 4.78 is 5.34. The van der Waals surface area contributed by atoms with Crippen molar-refractivity contribution in [3.63, 3.8) is 0 Å². The molecule has 3 heteroatoms. The van der Waals surface area contributed by atoms with E-state index in [1.54, 1.807) is 6.26 Å². The summed E-state index contributed by atoms with van der Waals surface area (Å²) >= 11 is 3.23. The number of ketones is 1. The Labute approximate surface area is 115 Å². The molecule has 0 bridgehead atoms. The van der Waals surface area contributed by atoms with Crippen molar-refractivity contribution in [3.8, 4) is 11.3 Å². The lowest BCUT2D eigenvalue weighted by Crippen LogP contribution is -2.29. The van der Waals surface area contributed by atoms with E-state index in [-0.39, 0.29) is 5.78 Å². The number of carbonyl (C=O) groups is 1. The average Bonchev–Trinajstić information content (AvgIpc) is 2.91. The fraction of sp³-hybridized carbons (Fsp3) is 0.267. The first-order valence-electron chi connectivity index (χ1n) is 5.79. The largest absolute Gasteiger partial charge is 0.464 e. The number of halogens is 1. The van der Waals surface area contributed by atoms with Crippen LogP contribution < -0.4 is 0 Å². The van der Waals surface area contributed by atoms with Crippen LogP contribution in [0.15, 0.2) is 47.1 Å². The number of hydrogen-bond acceptors (Lipinski definition) is 2. The molecule has 1 aromatic heterocycles. The maximum absolute atomic E-state index is 11.9. The standard InChI is InChI=1S/C15H15BrO2/c1-15(2,14(17)10-16)12-7-5-11(6-8-12)13-4-3-9-18-13/h3-9H,10H2,1-2H3. The minimum atomic E-state index is -0.467. The Bertz CT molecular complexity index is 524. The molecule has 0 radical (unpaired) electrons. The third-order valence-electron chi connectivity index (χ3n) is 3.23. The van der Waals surface area contributed by atoms with Gasteiger partial charge in [-0.15, -0.1) is 0 Å². The van der Waals surface area contributed by atoms with Gasteiger partial charge in [0, 0.05) is 11.0 Å². The summed E-state index contributed by atoms with van der Waals surface area (Å²) in [6.45, 7) is 3.89. The lowest BCUT2D eigenvalue weighted by Gasteiger charge is -2.22. The van der Waals surface area contributed by atoms with Gasteiger partial charge < -0.3 is 4.42 Å². The van der Waals surface area contributed by atoms with Crippen LogP contribution in [0.2, 0.25) is 0 Å². The zero-order valence-electron chi connectivity index (χ0n) is 10.4. The highest BCUT2D eigenvalue weighted by Gasteiger charge is 2.28. The van der Waals surface area contributed by atoms with Crippen molar-refractivity contribution < 1.29 is 9.21 Å². The highest BCUT2D eigenvalue weighted by molar-refractivity contribution is 9.09. The van der Waals surface area contributed by atoms with E-state index in [1.165, 1.54) is 0 Å². The minimum absolute atomic E-state index is 0.174. The number of benzene rings is 1. The molecule has 0 aliphatic heterocycles. The minimum Gasteiger partial charge on any atom is -0.464 e. The number of hydrogen-bond donors (Lipinski definition) is 0. The second-order valence-electron chi connectivity index (χ2n) is 4.74. The van der Waals surface area contributed by atoms with Crippen molar-refractivity contribution in [1.82, 2.24) is 0 Å². The van der Waals surface area contributed by atoms with Gasteiger partial charge in [0.2, 0.25) is 0 Å². The molecule has 0 amide bonds. The quantitative estimate of drug-likeness (QED) is 0.793. The number of alkyl halides is 1. The van der Waals surface area contributed by atoms with Gasteiger partial charge in [0.05, 0.1) is 11.6 Å². The monoisotopic (exact) mass is 306 g/mol. The maximum Gasteiger partial charge on any atom is 0.153 e. The fourth-order valence-electron chi connectivity index (χ4n) is 1.82. The van der Waals surface area contributed by atoms with Crippen LogP contribution in [0.25, 0.3) is 11.3 Å². The second-order valence-corrected chi connectivity index (χ2v) is 5.30. The Morgan fingerprint density at radius 2 is 1.89 bits per heavy atom. The van der Waals surface area contributed by atoms with E-state index < -0.39 is 5.41 Å². The molecule has 1 heterocycles. The summed E-state index contributed by atoms with van der Waals surface area (Å²) in [7, 11) is 0. The molecule has 94 valence electrons. The molecule has 2 aromatic rings. The molecule has 0 saturated carbocycles. The van der Waals surface area contributed by atoms with Gasteiger partial charge in [-0.3, -0.25) is 4.79 Å². The predicted octanol–water partition coefficient (Wildman–Crippen LogP) is 4.19. The van der Waals surface area contributed by atoms with Gasteiger partial charge >= 0.3 is 0 Å². The zero-order chi connectivity index (χ0) is 13.2. The van der Waals surface area contributed by atoms with Crippen molar-refractivity contribution in [1.29, 1.82) is 0 Å². The van der Waals surface area contributed by atoms with Crippen LogP contribution in [-0.2, 0) is 10.2 Å². The first kappa shape index (κ1) is 13.1. The van der Waals surface area contributed by atoms with Crippen LogP contribution in [0.3, 0.4) is 0 Å². The van der Waals surface area contributed by atoms with Crippen LogP contribution in [-0.4, -0.2) is 11.1 Å². The average molecular weight is 307 g/mol. The SMILES string of the molecule is CC(C)(C(=O)CBr)c1ccc(-c2ccco2)cc1. The van der Waals surface area contributed by atoms with E-state index in [4.69, 9.17) is 4.42 Å². The lowest BCUT2D eigenvalue weighted by atomic mass is 9.81. The van der Waals surface area contributed by atoms with Crippen LogP contribution >= 0.6 is 15.9 Å². The third kappa shape index (κ3) is 2.41. The molecule has 18 heavy (non-hydrogen) atoms. The Balaban J connectivity index is 2.30. The summed E-state index contributed by atoms with van der Waals surface area (Å²) in [5.74, 6) is 1.01. The van der Waals surface area contributed by atoms with Crippen molar-refractivity contribution >= 4 is 21.7 Å². The van der Waals surface area contributed by atoms with E-state index in [0.717, 1.165) is 16.9 Å². The number of carbonyl (C=O) groups excluding carboxylic acids is 1. The molecule has 0 fully saturated rings. The first-order valence-corrected chi connectivity index (χ1v) is 6.91. The second kappa shape index (κ2) is 5.11. The smallest absolute Gasteiger partial charge is 0.153 e. The van der Waals surface area contributed by atoms with E-state index >= 15 is 0 Å². The van der Waals surface area contributed by atoms with Gasteiger partial charge in [0.1, 0.15) is 5.76 Å². The lowest BCUT2D eigenvalue weighted by molar-refractivity contribution is -0.120. The van der Waals surface area contributed by atoms with Gasteiger partial charge in [-0.05, 0) is 31.5 Å². The van der Waals surface area contributed by atoms with Crippen LogP contribution in [0.5, 0.6) is 0 Å². The van der Waals surface area contributed by atoms with Gasteiger partial charge in [-0.25, -0.2) is 0 Å². The summed E-state index contributed by atoms with van der Waals surface area (Å²) in [6, 6.07) is 11.7. The topological polar surface area (TPSA) is 30.2 Å². The summed E-state index contributed by atoms with van der Waals surface area (Å²) in [5, 5.41) is 0.375. The van der Waals surface area contributed by atoms with Crippen molar-refractivity contribution in [2.75, 3.05) is 5.33 Å².